The fourth-order valence-electron chi connectivity index (χ4n) is 1.80. The number of hydrogen-bond donors (Lipinski definition) is 1. The molecule has 1 amide bonds. The van der Waals surface area contributed by atoms with Gasteiger partial charge in [-0.2, -0.15) is 0 Å². The maximum atomic E-state index is 11.9. The van der Waals surface area contributed by atoms with Crippen molar-refractivity contribution in [3.8, 4) is 0 Å². The number of hydrogen-bond acceptors (Lipinski definition) is 3. The molecule has 1 aromatic rings. The summed E-state index contributed by atoms with van der Waals surface area (Å²) in [6.45, 7) is 2.47. The number of carbonyl (C=O) groups is 1. The topological polar surface area (TPSA) is 53.4 Å². The lowest BCUT2D eigenvalue weighted by atomic mass is 10.3. The first-order chi connectivity index (χ1) is 7.18. The minimum Gasteiger partial charge on any atom is -0.374 e. The quantitative estimate of drug-likeness (QED) is 0.744. The van der Waals surface area contributed by atoms with Crippen molar-refractivity contribution in [2.75, 3.05) is 6.54 Å². The molecule has 80 valence electrons. The number of aliphatic hydroxyl groups is 1. The van der Waals surface area contributed by atoms with Gasteiger partial charge in [0, 0.05) is 12.2 Å². The van der Waals surface area contributed by atoms with E-state index in [0.29, 0.717) is 18.7 Å². The van der Waals surface area contributed by atoms with Crippen molar-refractivity contribution in [2.45, 2.75) is 26.0 Å². The fourth-order valence-corrected chi connectivity index (χ4v) is 1.80. The summed E-state index contributed by atoms with van der Waals surface area (Å²) >= 11 is 0. The fraction of sp³-hybridized carbons (Fsp3) is 0.455. The number of likely N-dealkylation sites (tertiary alicyclic amines) is 1. The van der Waals surface area contributed by atoms with Crippen molar-refractivity contribution >= 4 is 5.91 Å². The molecule has 1 N–H and O–H groups in total. The van der Waals surface area contributed by atoms with Gasteiger partial charge >= 0.3 is 0 Å². The first kappa shape index (κ1) is 10.1. The Balaban J connectivity index is 2.20. The van der Waals surface area contributed by atoms with Crippen LogP contribution in [0.3, 0.4) is 0 Å². The molecule has 1 saturated heterocycles. The smallest absolute Gasteiger partial charge is 0.274 e. The van der Waals surface area contributed by atoms with Crippen molar-refractivity contribution in [1.82, 2.24) is 9.88 Å². The number of aryl methyl sites for hydroxylation is 1. The molecule has 4 nitrogen and oxygen atoms in total. The van der Waals surface area contributed by atoms with Gasteiger partial charge in [-0.25, -0.2) is 4.98 Å². The SMILES string of the molecule is Cc1cccc(C(=O)N2CCCC2O)n1. The van der Waals surface area contributed by atoms with Crippen LogP contribution in [0.5, 0.6) is 0 Å². The van der Waals surface area contributed by atoms with E-state index in [9.17, 15) is 9.90 Å². The van der Waals surface area contributed by atoms with Crippen LogP contribution in [-0.2, 0) is 0 Å². The normalized spacial score (nSPS) is 20.7. The first-order valence-corrected chi connectivity index (χ1v) is 5.11. The Bertz CT molecular complexity index is 379. The summed E-state index contributed by atoms with van der Waals surface area (Å²) in [5.41, 5.74) is 1.23. The average Bonchev–Trinajstić information content (AvgIpc) is 2.63. The van der Waals surface area contributed by atoms with E-state index in [2.05, 4.69) is 4.98 Å². The average molecular weight is 206 g/mol. The molecule has 0 spiro atoms. The maximum absolute atomic E-state index is 11.9. The van der Waals surface area contributed by atoms with Gasteiger partial charge in [0.25, 0.3) is 5.91 Å². The van der Waals surface area contributed by atoms with Crippen LogP contribution >= 0.6 is 0 Å². The second-order valence-electron chi connectivity index (χ2n) is 3.79. The van der Waals surface area contributed by atoms with Crippen LogP contribution in [0.1, 0.15) is 29.0 Å². The molecule has 0 bridgehead atoms. The Morgan fingerprint density at radius 2 is 2.40 bits per heavy atom. The van der Waals surface area contributed by atoms with Gasteiger partial charge in [0.15, 0.2) is 0 Å². The van der Waals surface area contributed by atoms with E-state index in [-0.39, 0.29) is 5.91 Å². The summed E-state index contributed by atoms with van der Waals surface area (Å²) in [5, 5.41) is 9.57. The molecule has 0 saturated carbocycles. The van der Waals surface area contributed by atoms with Crippen LogP contribution < -0.4 is 0 Å². The lowest BCUT2D eigenvalue weighted by Crippen LogP contribution is -2.35. The van der Waals surface area contributed by atoms with Crippen LogP contribution in [0.25, 0.3) is 0 Å². The van der Waals surface area contributed by atoms with Crippen LogP contribution in [0.4, 0.5) is 0 Å². The largest absolute Gasteiger partial charge is 0.374 e. The Morgan fingerprint density at radius 1 is 1.60 bits per heavy atom. The third-order valence-electron chi connectivity index (χ3n) is 2.59. The van der Waals surface area contributed by atoms with Gasteiger partial charge in [0.05, 0.1) is 0 Å². The number of pyridine rings is 1. The van der Waals surface area contributed by atoms with Gasteiger partial charge in [-0.15, -0.1) is 0 Å². The molecule has 2 rings (SSSR count). The monoisotopic (exact) mass is 206 g/mol. The summed E-state index contributed by atoms with van der Waals surface area (Å²) in [6.07, 6.45) is 0.885. The Morgan fingerprint density at radius 3 is 3.00 bits per heavy atom. The molecular weight excluding hydrogens is 192 g/mol. The number of aliphatic hydroxyl groups excluding tert-OH is 1. The highest BCUT2D eigenvalue weighted by Gasteiger charge is 2.28. The molecular formula is C11H14N2O2. The summed E-state index contributed by atoms with van der Waals surface area (Å²) in [7, 11) is 0. The van der Waals surface area contributed by atoms with Crippen LogP contribution in [-0.4, -0.2) is 33.7 Å². The summed E-state index contributed by atoms with van der Waals surface area (Å²) in [4.78, 5) is 17.5. The third-order valence-corrected chi connectivity index (χ3v) is 2.59. The highest BCUT2D eigenvalue weighted by molar-refractivity contribution is 5.92. The number of rotatable bonds is 1. The number of aromatic nitrogens is 1. The van der Waals surface area contributed by atoms with Gasteiger partial charge < -0.3 is 10.0 Å². The lowest BCUT2D eigenvalue weighted by Gasteiger charge is -2.19. The van der Waals surface area contributed by atoms with E-state index in [1.165, 1.54) is 4.90 Å². The standard InChI is InChI=1S/C11H14N2O2/c1-8-4-2-5-9(12-8)11(15)13-7-3-6-10(13)14/h2,4-5,10,14H,3,6-7H2,1H3. The van der Waals surface area contributed by atoms with E-state index < -0.39 is 6.23 Å². The van der Waals surface area contributed by atoms with Crippen LogP contribution in [0, 0.1) is 6.92 Å². The lowest BCUT2D eigenvalue weighted by molar-refractivity contribution is 0.0288. The van der Waals surface area contributed by atoms with Crippen LogP contribution in [0.2, 0.25) is 0 Å². The Kier molecular flexibility index (Phi) is 2.68. The van der Waals surface area contributed by atoms with Gasteiger partial charge in [-0.1, -0.05) is 6.07 Å². The zero-order valence-corrected chi connectivity index (χ0v) is 8.68. The zero-order valence-electron chi connectivity index (χ0n) is 8.68. The predicted molar refractivity (Wildman–Crippen MR) is 55.3 cm³/mol. The van der Waals surface area contributed by atoms with Crippen molar-refractivity contribution < 1.29 is 9.90 Å². The summed E-state index contributed by atoms with van der Waals surface area (Å²) in [6, 6.07) is 5.33. The summed E-state index contributed by atoms with van der Waals surface area (Å²) in [5.74, 6) is -0.177. The molecule has 0 aromatic carbocycles. The predicted octanol–water partition coefficient (Wildman–Crippen LogP) is 0.944. The van der Waals surface area contributed by atoms with Gasteiger partial charge in [-0.05, 0) is 31.9 Å². The Hall–Kier alpha value is -1.42. The van der Waals surface area contributed by atoms with Crippen LogP contribution in [0.15, 0.2) is 18.2 Å². The molecule has 4 heteroatoms. The number of amides is 1. The molecule has 1 aliphatic heterocycles. The molecule has 0 aliphatic carbocycles. The molecule has 1 aliphatic rings. The van der Waals surface area contributed by atoms with E-state index in [0.717, 1.165) is 12.1 Å². The maximum Gasteiger partial charge on any atom is 0.274 e. The van der Waals surface area contributed by atoms with E-state index in [1.807, 2.05) is 13.0 Å². The van der Waals surface area contributed by atoms with Crippen molar-refractivity contribution in [2.24, 2.45) is 0 Å². The second kappa shape index (κ2) is 3.98. The number of nitrogens with zero attached hydrogens (tertiary/aromatic N) is 2. The zero-order chi connectivity index (χ0) is 10.8. The van der Waals surface area contributed by atoms with Crippen molar-refractivity contribution in [3.63, 3.8) is 0 Å². The molecule has 1 atom stereocenters. The van der Waals surface area contributed by atoms with Gasteiger partial charge in [-0.3, -0.25) is 4.79 Å². The van der Waals surface area contributed by atoms with Gasteiger partial charge in [0.1, 0.15) is 11.9 Å². The molecule has 0 radical (unpaired) electrons. The first-order valence-electron chi connectivity index (χ1n) is 5.11. The van der Waals surface area contributed by atoms with Crippen molar-refractivity contribution in [1.29, 1.82) is 0 Å². The second-order valence-corrected chi connectivity index (χ2v) is 3.79. The molecule has 1 fully saturated rings. The van der Waals surface area contributed by atoms with E-state index in [4.69, 9.17) is 0 Å². The molecule has 15 heavy (non-hydrogen) atoms. The Labute approximate surface area is 88.6 Å². The van der Waals surface area contributed by atoms with Crippen molar-refractivity contribution in [3.05, 3.63) is 29.6 Å². The minimum atomic E-state index is -0.639. The molecule has 2 heterocycles. The van der Waals surface area contributed by atoms with Gasteiger partial charge in [0.2, 0.25) is 0 Å². The highest BCUT2D eigenvalue weighted by atomic mass is 16.3. The highest BCUT2D eigenvalue weighted by Crippen LogP contribution is 2.17. The molecule has 1 aromatic heterocycles. The van der Waals surface area contributed by atoms with E-state index >= 15 is 0 Å². The van der Waals surface area contributed by atoms with E-state index in [1.54, 1.807) is 12.1 Å². The third kappa shape index (κ3) is 1.99. The summed E-state index contributed by atoms with van der Waals surface area (Å²) < 4.78 is 0. The number of carbonyl (C=O) groups excluding carboxylic acids is 1. The minimum absolute atomic E-state index is 0.177. The molecule has 1 unspecified atom stereocenters.